The second kappa shape index (κ2) is 8.14. The topological polar surface area (TPSA) is 13.1 Å². The van der Waals surface area contributed by atoms with Crippen LogP contribution >= 0.6 is 0 Å². The molecule has 1 aliphatic carbocycles. The highest BCUT2D eigenvalue weighted by molar-refractivity contribution is 6.11. The lowest BCUT2D eigenvalue weighted by Crippen LogP contribution is -2.02. The van der Waals surface area contributed by atoms with E-state index in [2.05, 4.69) is 0 Å². The molecule has 0 saturated carbocycles. The lowest BCUT2D eigenvalue weighted by Gasteiger charge is -2.24. The Bertz CT molecular complexity index is 2120. The minimum absolute atomic E-state index is 0.207. The summed E-state index contributed by atoms with van der Waals surface area (Å²) >= 11 is 0. The minimum Gasteiger partial charge on any atom is -0.464 e. The van der Waals surface area contributed by atoms with Crippen LogP contribution in [0.4, 0.5) is 0 Å². The van der Waals surface area contributed by atoms with Crippen LogP contribution in [0.5, 0.6) is 0 Å². The average Bonchev–Trinajstić information content (AvgIpc) is 3.52. The van der Waals surface area contributed by atoms with Gasteiger partial charge < -0.3 is 4.42 Å². The van der Waals surface area contributed by atoms with E-state index >= 15 is 0 Å². The molecule has 2 atom stereocenters. The first-order valence-corrected chi connectivity index (χ1v) is 11.4. The molecule has 166 valence electrons. The first kappa shape index (κ1) is 13.5. The molecule has 0 N–H and O–H groups in total. The van der Waals surface area contributed by atoms with Gasteiger partial charge in [-0.15, -0.1) is 0 Å². The maximum absolute atomic E-state index is 9.18. The maximum atomic E-state index is 9.18. The molecular formula is C34H24O. The van der Waals surface area contributed by atoms with Crippen molar-refractivity contribution in [3.63, 3.8) is 0 Å². The second-order valence-corrected chi connectivity index (χ2v) is 8.49. The Hall–Kier alpha value is -4.36. The van der Waals surface area contributed by atoms with Gasteiger partial charge >= 0.3 is 0 Å². The van der Waals surface area contributed by atoms with Gasteiger partial charge in [0.05, 0.1) is 14.5 Å². The van der Waals surface area contributed by atoms with Crippen LogP contribution in [0, 0.1) is 0 Å². The van der Waals surface area contributed by atoms with Crippen molar-refractivity contribution in [3.05, 3.63) is 126 Å². The van der Waals surface area contributed by atoms with Gasteiger partial charge in [0.25, 0.3) is 0 Å². The molecule has 0 saturated heterocycles. The zero-order chi connectivity index (χ0) is 30.2. The van der Waals surface area contributed by atoms with E-state index in [0.717, 1.165) is 16.5 Å². The molecule has 6 aromatic rings. The highest BCUT2D eigenvalue weighted by Crippen LogP contribution is 2.46. The fourth-order valence-electron chi connectivity index (χ4n) is 4.99. The number of hydrogen-bond donors (Lipinski definition) is 0. The van der Waals surface area contributed by atoms with Gasteiger partial charge in [-0.05, 0) is 80.7 Å². The first-order chi connectivity index (χ1) is 20.7. The van der Waals surface area contributed by atoms with Gasteiger partial charge in [0.15, 0.2) is 0 Å². The van der Waals surface area contributed by atoms with Crippen molar-refractivity contribution in [2.75, 3.05) is 0 Å². The zero-order valence-electron chi connectivity index (χ0n) is 26.6. The van der Waals surface area contributed by atoms with Gasteiger partial charge in [-0.3, -0.25) is 0 Å². The Balaban J connectivity index is 1.76. The van der Waals surface area contributed by atoms with Crippen LogP contribution in [0.3, 0.4) is 0 Å². The average molecular weight is 457 g/mol. The Kier molecular flexibility index (Phi) is 3.14. The van der Waals surface area contributed by atoms with Crippen molar-refractivity contribution in [3.8, 4) is 33.4 Å². The number of fused-ring (bicyclic) bond motifs is 3. The predicted molar refractivity (Wildman–Crippen MR) is 147 cm³/mol. The Morgan fingerprint density at radius 3 is 2.23 bits per heavy atom. The highest BCUT2D eigenvalue weighted by atomic mass is 16.3. The fraction of sp³-hybridized carbons (Fsp3) is 0.0588. The van der Waals surface area contributed by atoms with Gasteiger partial charge in [-0.2, -0.15) is 0 Å². The molecule has 0 radical (unpaired) electrons. The molecule has 7 rings (SSSR count). The van der Waals surface area contributed by atoms with E-state index in [1.807, 2.05) is 54.6 Å². The van der Waals surface area contributed by atoms with Crippen LogP contribution in [-0.4, -0.2) is 0 Å². The monoisotopic (exact) mass is 456 g/mol. The third-order valence-electron chi connectivity index (χ3n) is 6.49. The second-order valence-electron chi connectivity index (χ2n) is 8.49. The molecule has 0 bridgehead atoms. The van der Waals surface area contributed by atoms with Crippen LogP contribution < -0.4 is 0 Å². The van der Waals surface area contributed by atoms with E-state index in [0.29, 0.717) is 33.4 Å². The number of allylic oxidation sites excluding steroid dienone is 1. The zero-order valence-corrected chi connectivity index (χ0v) is 18.6. The normalized spacial score (nSPS) is 20.8. The summed E-state index contributed by atoms with van der Waals surface area (Å²) < 4.78 is 76.9. The van der Waals surface area contributed by atoms with E-state index in [-0.39, 0.29) is 40.5 Å². The molecule has 0 spiro atoms. The molecule has 0 amide bonds. The number of hydrogen-bond acceptors (Lipinski definition) is 1. The van der Waals surface area contributed by atoms with E-state index in [4.69, 9.17) is 14.0 Å². The molecule has 1 aliphatic rings. The molecule has 0 fully saturated rings. The van der Waals surface area contributed by atoms with E-state index in [9.17, 15) is 1.37 Å². The van der Waals surface area contributed by atoms with E-state index < -0.39 is 24.9 Å². The number of benzene rings is 5. The third kappa shape index (κ3) is 3.24. The van der Waals surface area contributed by atoms with Crippen LogP contribution in [0.25, 0.3) is 61.2 Å². The van der Waals surface area contributed by atoms with Crippen molar-refractivity contribution in [2.24, 2.45) is 0 Å². The molecule has 2 unspecified atom stereocenters. The summed E-state index contributed by atoms with van der Waals surface area (Å²) in [4.78, 5) is 0. The van der Waals surface area contributed by atoms with Crippen molar-refractivity contribution in [2.45, 2.75) is 12.8 Å². The Morgan fingerprint density at radius 2 is 1.46 bits per heavy atom. The molecule has 1 heteroatoms. The lowest BCUT2D eigenvalue weighted by atomic mass is 9.80. The molecule has 1 nitrogen and oxygen atoms in total. The SMILES string of the molecule is [2H]C1=C([2H])C([2H])C([2H])c2c1c(-c1cc(-c3ccccc3)c3occc3c1)c1c([2H])c([2H])c([2H])c([2H])c1c2-c1ccccc1. The number of furan rings is 1. The van der Waals surface area contributed by atoms with Crippen molar-refractivity contribution >= 4 is 27.8 Å². The summed E-state index contributed by atoms with van der Waals surface area (Å²) in [6.45, 7) is 0. The fourth-order valence-corrected chi connectivity index (χ4v) is 4.99. The molecular weight excluding hydrogens is 424 g/mol. The van der Waals surface area contributed by atoms with Gasteiger partial charge in [0, 0.05) is 13.7 Å². The number of rotatable bonds is 3. The largest absolute Gasteiger partial charge is 0.464 e. The Labute approximate surface area is 216 Å². The summed E-state index contributed by atoms with van der Waals surface area (Å²) in [5.74, 6) is 0. The van der Waals surface area contributed by atoms with Crippen LogP contribution in [0.2, 0.25) is 0 Å². The molecule has 5 aromatic carbocycles. The van der Waals surface area contributed by atoms with E-state index in [1.165, 1.54) is 0 Å². The van der Waals surface area contributed by atoms with Crippen molar-refractivity contribution in [1.82, 2.24) is 0 Å². The predicted octanol–water partition coefficient (Wildman–Crippen LogP) is 9.55. The van der Waals surface area contributed by atoms with Gasteiger partial charge in [-0.1, -0.05) is 96.9 Å². The van der Waals surface area contributed by atoms with Crippen LogP contribution in [0.15, 0.2) is 120 Å². The van der Waals surface area contributed by atoms with Crippen LogP contribution in [0.1, 0.15) is 28.5 Å². The molecule has 0 aliphatic heterocycles. The summed E-state index contributed by atoms with van der Waals surface area (Å²) in [6.07, 6.45) is -1.01. The Morgan fingerprint density at radius 1 is 0.743 bits per heavy atom. The van der Waals surface area contributed by atoms with E-state index in [1.54, 1.807) is 30.5 Å². The maximum Gasteiger partial charge on any atom is 0.141 e. The summed E-state index contributed by atoms with van der Waals surface area (Å²) in [6, 6.07) is 22.3. The standard InChI is InChI=1S/C34H24O/c1-3-11-23(12-4-1)31-22-26(21-25-19-20-35-34(25)31)33-29-17-9-7-15-27(29)32(24-13-5-2-6-14-24)28-16-8-10-18-30(28)33/h1-7,9-15,17-22H,8,16H2/i7D,8D,9D,10D,15D,16D,17D,18D. The van der Waals surface area contributed by atoms with Crippen molar-refractivity contribution in [1.29, 1.82) is 0 Å². The summed E-state index contributed by atoms with van der Waals surface area (Å²) in [5.41, 5.74) is 4.74. The quantitative estimate of drug-likeness (QED) is 0.258. The van der Waals surface area contributed by atoms with Crippen molar-refractivity contribution < 1.29 is 15.4 Å². The van der Waals surface area contributed by atoms with Gasteiger partial charge in [0.1, 0.15) is 5.58 Å². The first-order valence-electron chi connectivity index (χ1n) is 15.6. The lowest BCUT2D eigenvalue weighted by molar-refractivity contribution is 0.617. The third-order valence-corrected chi connectivity index (χ3v) is 6.49. The van der Waals surface area contributed by atoms with Gasteiger partial charge in [-0.25, -0.2) is 0 Å². The molecule has 35 heavy (non-hydrogen) atoms. The minimum atomic E-state index is -1.33. The highest BCUT2D eigenvalue weighted by Gasteiger charge is 2.22. The molecule has 1 aromatic heterocycles. The summed E-state index contributed by atoms with van der Waals surface area (Å²) in [5, 5.41) is 1.19. The van der Waals surface area contributed by atoms with Crippen LogP contribution in [-0.2, 0) is 6.40 Å². The van der Waals surface area contributed by atoms with Gasteiger partial charge in [0.2, 0.25) is 0 Å². The smallest absolute Gasteiger partial charge is 0.141 e. The summed E-state index contributed by atoms with van der Waals surface area (Å²) in [7, 11) is 0. The molecule has 1 heterocycles.